The molecule has 0 radical (unpaired) electrons. The van der Waals surface area contributed by atoms with Crippen LogP contribution in [0.5, 0.6) is 0 Å². The highest BCUT2D eigenvalue weighted by Crippen LogP contribution is 2.26. The molecule has 1 atom stereocenters. The second-order valence-corrected chi connectivity index (χ2v) is 10.1. The van der Waals surface area contributed by atoms with Crippen molar-refractivity contribution in [1.29, 1.82) is 0 Å². The summed E-state index contributed by atoms with van der Waals surface area (Å²) in [4.78, 5) is 17.9. The van der Waals surface area contributed by atoms with Crippen LogP contribution in [0, 0.1) is 6.92 Å². The number of hydrogen-bond acceptors (Lipinski definition) is 4. The molecule has 1 aliphatic heterocycles. The summed E-state index contributed by atoms with van der Waals surface area (Å²) in [5.74, 6) is 0.342. The minimum atomic E-state index is -3.64. The van der Waals surface area contributed by atoms with Gasteiger partial charge in [0.05, 0.1) is 4.90 Å². The first-order chi connectivity index (χ1) is 15.4. The maximum absolute atomic E-state index is 13.2. The number of carbonyl (C=O) groups is 1. The monoisotopic (exact) mass is 452 g/mol. The summed E-state index contributed by atoms with van der Waals surface area (Å²) in [7, 11) is -1.77. The fourth-order valence-electron chi connectivity index (χ4n) is 4.08. The number of nitrogens with one attached hydrogen (secondary N) is 1. The Morgan fingerprint density at radius 2 is 1.78 bits per heavy atom. The molecule has 1 aromatic heterocycles. The summed E-state index contributed by atoms with van der Waals surface area (Å²) in [5.41, 5.74) is 1.83. The molecule has 0 saturated carbocycles. The number of imidazole rings is 1. The van der Waals surface area contributed by atoms with E-state index >= 15 is 0 Å². The molecule has 1 N–H and O–H groups in total. The molecule has 8 heteroatoms. The van der Waals surface area contributed by atoms with Crippen LogP contribution in [-0.4, -0.2) is 41.3 Å². The van der Waals surface area contributed by atoms with Crippen LogP contribution >= 0.6 is 0 Å². The highest BCUT2D eigenvalue weighted by atomic mass is 32.2. The van der Waals surface area contributed by atoms with Gasteiger partial charge in [0.2, 0.25) is 10.0 Å². The van der Waals surface area contributed by atoms with Crippen molar-refractivity contribution in [2.45, 2.75) is 37.1 Å². The van der Waals surface area contributed by atoms with Gasteiger partial charge in [-0.2, -0.15) is 4.31 Å². The molecule has 0 spiro atoms. The topological polar surface area (TPSA) is 84.3 Å². The van der Waals surface area contributed by atoms with Gasteiger partial charge in [0.1, 0.15) is 11.9 Å². The maximum atomic E-state index is 13.2. The number of amides is 1. The van der Waals surface area contributed by atoms with E-state index in [-0.39, 0.29) is 10.8 Å². The second-order valence-electron chi connectivity index (χ2n) is 8.16. The molecular weight excluding hydrogens is 424 g/mol. The maximum Gasteiger partial charge on any atom is 0.252 e. The minimum Gasteiger partial charge on any atom is -0.338 e. The van der Waals surface area contributed by atoms with Crippen molar-refractivity contribution in [2.24, 2.45) is 7.05 Å². The molecule has 1 unspecified atom stereocenters. The quantitative estimate of drug-likeness (QED) is 0.621. The van der Waals surface area contributed by atoms with Crippen LogP contribution in [0.3, 0.4) is 0 Å². The Kier molecular flexibility index (Phi) is 6.43. The molecule has 2 heterocycles. The molecule has 1 aliphatic rings. The van der Waals surface area contributed by atoms with Crippen molar-refractivity contribution >= 4 is 15.9 Å². The molecule has 7 nitrogen and oxygen atoms in total. The van der Waals surface area contributed by atoms with E-state index < -0.39 is 16.1 Å². The molecule has 0 bridgehead atoms. The fraction of sp³-hybridized carbons (Fsp3) is 0.333. The van der Waals surface area contributed by atoms with Crippen LogP contribution in [0.25, 0.3) is 0 Å². The summed E-state index contributed by atoms with van der Waals surface area (Å²) in [5, 5.41) is 3.04. The van der Waals surface area contributed by atoms with Gasteiger partial charge in [0, 0.05) is 38.1 Å². The predicted octanol–water partition coefficient (Wildman–Crippen LogP) is 3.42. The molecule has 168 valence electrons. The van der Waals surface area contributed by atoms with E-state index in [1.54, 1.807) is 25.3 Å². The largest absolute Gasteiger partial charge is 0.338 e. The van der Waals surface area contributed by atoms with Gasteiger partial charge in [-0.05, 0) is 43.0 Å². The second kappa shape index (κ2) is 9.26. The fourth-order valence-corrected chi connectivity index (χ4v) is 5.84. The molecule has 0 aliphatic carbocycles. The van der Waals surface area contributed by atoms with Gasteiger partial charge < -0.3 is 9.88 Å². The van der Waals surface area contributed by atoms with E-state index in [4.69, 9.17) is 0 Å². The summed E-state index contributed by atoms with van der Waals surface area (Å²) in [6.07, 6.45) is 6.28. The highest BCUT2D eigenvalue weighted by Gasteiger charge is 2.29. The van der Waals surface area contributed by atoms with E-state index in [2.05, 4.69) is 10.3 Å². The molecule has 4 rings (SSSR count). The average Bonchev–Trinajstić information content (AvgIpc) is 3.24. The lowest BCUT2D eigenvalue weighted by molar-refractivity contribution is 0.0941. The van der Waals surface area contributed by atoms with Crippen LogP contribution in [0.15, 0.2) is 65.8 Å². The van der Waals surface area contributed by atoms with Crippen LogP contribution < -0.4 is 5.32 Å². The Morgan fingerprint density at radius 1 is 1.06 bits per heavy atom. The molecular formula is C24H28N4O3S. The zero-order valence-electron chi connectivity index (χ0n) is 18.4. The van der Waals surface area contributed by atoms with Gasteiger partial charge in [-0.15, -0.1) is 0 Å². The van der Waals surface area contributed by atoms with E-state index in [1.165, 1.54) is 10.4 Å². The van der Waals surface area contributed by atoms with Gasteiger partial charge in [-0.1, -0.05) is 42.8 Å². The third-order valence-corrected chi connectivity index (χ3v) is 7.95. The molecule has 1 amide bonds. The lowest BCUT2D eigenvalue weighted by Gasteiger charge is -2.26. The summed E-state index contributed by atoms with van der Waals surface area (Å²) in [6, 6.07) is 14.0. The van der Waals surface area contributed by atoms with E-state index in [0.29, 0.717) is 30.0 Å². The van der Waals surface area contributed by atoms with Crippen molar-refractivity contribution in [3.8, 4) is 0 Å². The van der Waals surface area contributed by atoms with Crippen molar-refractivity contribution in [3.63, 3.8) is 0 Å². The van der Waals surface area contributed by atoms with Gasteiger partial charge in [-0.3, -0.25) is 4.79 Å². The third kappa shape index (κ3) is 4.47. The van der Waals surface area contributed by atoms with Crippen molar-refractivity contribution in [2.75, 3.05) is 13.1 Å². The predicted molar refractivity (Wildman–Crippen MR) is 123 cm³/mol. The number of aryl methyl sites for hydroxylation is 2. The molecule has 3 aromatic rings. The smallest absolute Gasteiger partial charge is 0.252 e. The summed E-state index contributed by atoms with van der Waals surface area (Å²) >= 11 is 0. The number of benzene rings is 2. The zero-order chi connectivity index (χ0) is 22.7. The van der Waals surface area contributed by atoms with Crippen LogP contribution in [0.1, 0.15) is 52.6 Å². The van der Waals surface area contributed by atoms with Gasteiger partial charge in [-0.25, -0.2) is 13.4 Å². The molecule has 1 fully saturated rings. The minimum absolute atomic E-state index is 0.195. The summed E-state index contributed by atoms with van der Waals surface area (Å²) in [6.45, 7) is 2.81. The number of hydrogen-bond donors (Lipinski definition) is 1. The number of nitrogens with zero attached hydrogens (tertiary/aromatic N) is 3. The Labute approximate surface area is 189 Å². The van der Waals surface area contributed by atoms with Crippen LogP contribution in [0.4, 0.5) is 0 Å². The first kappa shape index (κ1) is 22.2. The average molecular weight is 453 g/mol. The molecule has 2 aromatic carbocycles. The molecule has 32 heavy (non-hydrogen) atoms. The van der Waals surface area contributed by atoms with Crippen molar-refractivity contribution in [3.05, 3.63) is 83.4 Å². The van der Waals surface area contributed by atoms with Crippen molar-refractivity contribution in [1.82, 2.24) is 19.2 Å². The van der Waals surface area contributed by atoms with Crippen LogP contribution in [0.2, 0.25) is 0 Å². The van der Waals surface area contributed by atoms with E-state index in [9.17, 15) is 13.2 Å². The number of sulfonamides is 1. The molecule has 1 saturated heterocycles. The Morgan fingerprint density at radius 3 is 2.44 bits per heavy atom. The van der Waals surface area contributed by atoms with E-state index in [1.807, 2.05) is 48.1 Å². The summed E-state index contributed by atoms with van der Waals surface area (Å²) < 4.78 is 29.9. The first-order valence-electron chi connectivity index (χ1n) is 10.8. The Bertz CT molecular complexity index is 1200. The highest BCUT2D eigenvalue weighted by molar-refractivity contribution is 7.89. The zero-order valence-corrected chi connectivity index (χ0v) is 19.2. The Hall–Kier alpha value is -2.97. The lowest BCUT2D eigenvalue weighted by Crippen LogP contribution is -2.36. The Balaban J connectivity index is 1.65. The SMILES string of the molecule is Cc1ccc(C(=O)NC(c2ccccc2)c2nccn2C)cc1S(=O)(=O)N1CCCCC1. The van der Waals surface area contributed by atoms with Gasteiger partial charge >= 0.3 is 0 Å². The number of aromatic nitrogens is 2. The lowest BCUT2D eigenvalue weighted by atomic mass is 10.0. The van der Waals surface area contributed by atoms with Gasteiger partial charge in [0.25, 0.3) is 5.91 Å². The van der Waals surface area contributed by atoms with Crippen LogP contribution in [-0.2, 0) is 17.1 Å². The number of piperidine rings is 1. The number of rotatable bonds is 6. The van der Waals surface area contributed by atoms with E-state index in [0.717, 1.165) is 24.8 Å². The normalized spacial score (nSPS) is 15.9. The number of carbonyl (C=O) groups excluding carboxylic acids is 1. The van der Waals surface area contributed by atoms with Crippen molar-refractivity contribution < 1.29 is 13.2 Å². The first-order valence-corrected chi connectivity index (χ1v) is 12.3. The van der Waals surface area contributed by atoms with Gasteiger partial charge in [0.15, 0.2) is 0 Å². The third-order valence-electron chi connectivity index (χ3n) is 5.91. The standard InChI is InChI=1S/C24H28N4O3S/c1-18-11-12-20(17-21(18)32(30,31)28-14-7-4-8-15-28)24(29)26-22(19-9-5-3-6-10-19)23-25-13-16-27(23)2/h3,5-6,9-13,16-17,22H,4,7-8,14-15H2,1-2H3,(H,26,29).